The van der Waals surface area contributed by atoms with Crippen molar-refractivity contribution in [2.75, 3.05) is 6.54 Å². The Morgan fingerprint density at radius 1 is 1.33 bits per heavy atom. The third-order valence-corrected chi connectivity index (χ3v) is 3.99. The Morgan fingerprint density at radius 2 is 2.17 bits per heavy atom. The maximum absolute atomic E-state index is 4.23. The number of aromatic nitrogens is 4. The molecule has 0 amide bonds. The summed E-state index contributed by atoms with van der Waals surface area (Å²) in [4.78, 5) is 0. The third kappa shape index (κ3) is 3.07. The first-order valence-corrected chi connectivity index (χ1v) is 7.23. The third-order valence-electron chi connectivity index (χ3n) is 3.99. The maximum atomic E-state index is 4.23. The Bertz CT molecular complexity index is 362. The van der Waals surface area contributed by atoms with Crippen molar-refractivity contribution in [1.29, 1.82) is 0 Å². The Morgan fingerprint density at radius 3 is 2.94 bits per heavy atom. The molecule has 1 fully saturated rings. The summed E-state index contributed by atoms with van der Waals surface area (Å²) in [5.41, 5.74) is 0. The average Bonchev–Trinajstić information content (AvgIpc) is 2.73. The Kier molecular flexibility index (Phi) is 4.69. The van der Waals surface area contributed by atoms with Gasteiger partial charge in [0.1, 0.15) is 0 Å². The van der Waals surface area contributed by atoms with Crippen molar-refractivity contribution in [1.82, 2.24) is 25.5 Å². The van der Waals surface area contributed by atoms with E-state index in [1.54, 1.807) is 0 Å². The molecule has 1 aromatic rings. The van der Waals surface area contributed by atoms with Crippen molar-refractivity contribution >= 4 is 0 Å². The zero-order chi connectivity index (χ0) is 13.0. The first kappa shape index (κ1) is 13.5. The molecule has 102 valence electrons. The molecule has 3 unspecified atom stereocenters. The molecule has 1 N–H and O–H groups in total. The summed E-state index contributed by atoms with van der Waals surface area (Å²) in [7, 11) is 0. The minimum atomic E-state index is 0.227. The van der Waals surface area contributed by atoms with Gasteiger partial charge in [-0.3, -0.25) is 0 Å². The predicted octanol–water partition coefficient (Wildman–Crippen LogP) is 2.48. The van der Waals surface area contributed by atoms with Crippen molar-refractivity contribution < 1.29 is 0 Å². The minimum absolute atomic E-state index is 0.227. The first-order chi connectivity index (χ1) is 8.72. The maximum Gasteiger partial charge on any atom is 0.168 e. The van der Waals surface area contributed by atoms with Crippen molar-refractivity contribution in [3.05, 3.63) is 5.82 Å². The molecule has 2 rings (SSSR count). The van der Waals surface area contributed by atoms with E-state index in [4.69, 9.17) is 0 Å². The molecule has 1 saturated carbocycles. The lowest BCUT2D eigenvalue weighted by atomic mass is 10.0. The summed E-state index contributed by atoms with van der Waals surface area (Å²) in [5, 5.41) is 15.7. The number of tetrazole rings is 1. The molecule has 0 aromatic carbocycles. The van der Waals surface area contributed by atoms with Gasteiger partial charge in [0.05, 0.1) is 12.1 Å². The van der Waals surface area contributed by atoms with Crippen molar-refractivity contribution in [2.45, 2.75) is 65.0 Å². The van der Waals surface area contributed by atoms with E-state index in [2.05, 4.69) is 46.3 Å². The summed E-state index contributed by atoms with van der Waals surface area (Å²) in [5.74, 6) is 1.83. The quantitative estimate of drug-likeness (QED) is 0.835. The fourth-order valence-electron chi connectivity index (χ4n) is 2.86. The lowest BCUT2D eigenvalue weighted by molar-refractivity contribution is 0.365. The van der Waals surface area contributed by atoms with Gasteiger partial charge in [0, 0.05) is 0 Å². The second kappa shape index (κ2) is 6.27. The van der Waals surface area contributed by atoms with Crippen LogP contribution in [0.2, 0.25) is 0 Å². The summed E-state index contributed by atoms with van der Waals surface area (Å²) >= 11 is 0. The molecular weight excluding hydrogens is 226 g/mol. The van der Waals surface area contributed by atoms with E-state index < -0.39 is 0 Å². The van der Waals surface area contributed by atoms with E-state index in [-0.39, 0.29) is 6.04 Å². The fraction of sp³-hybridized carbons (Fsp3) is 0.923. The van der Waals surface area contributed by atoms with Crippen LogP contribution in [0.1, 0.15) is 70.8 Å². The van der Waals surface area contributed by atoms with Crippen LogP contribution >= 0.6 is 0 Å². The van der Waals surface area contributed by atoms with Gasteiger partial charge >= 0.3 is 0 Å². The summed E-state index contributed by atoms with van der Waals surface area (Å²) < 4.78 is 2.06. The zero-order valence-corrected chi connectivity index (χ0v) is 11.8. The van der Waals surface area contributed by atoms with E-state index in [0.29, 0.717) is 6.04 Å². The van der Waals surface area contributed by atoms with E-state index in [1.807, 2.05) is 0 Å². The van der Waals surface area contributed by atoms with Crippen LogP contribution in [0.5, 0.6) is 0 Å². The molecule has 3 atom stereocenters. The van der Waals surface area contributed by atoms with Crippen LogP contribution in [0.3, 0.4) is 0 Å². The monoisotopic (exact) mass is 251 g/mol. The molecule has 0 radical (unpaired) electrons. The SMILES string of the molecule is CCNC(C)c1nnnn1C1CCCC(C)CC1. The molecule has 0 saturated heterocycles. The number of hydrogen-bond acceptors (Lipinski definition) is 4. The van der Waals surface area contributed by atoms with Gasteiger partial charge in [0.25, 0.3) is 0 Å². The van der Waals surface area contributed by atoms with Crippen LogP contribution in [0.4, 0.5) is 0 Å². The number of hydrogen-bond donors (Lipinski definition) is 1. The molecule has 1 aliphatic carbocycles. The smallest absolute Gasteiger partial charge is 0.168 e. The van der Waals surface area contributed by atoms with Crippen molar-refractivity contribution in [2.24, 2.45) is 5.92 Å². The number of rotatable bonds is 4. The van der Waals surface area contributed by atoms with Gasteiger partial charge in [-0.2, -0.15) is 0 Å². The molecule has 5 heteroatoms. The normalized spacial score (nSPS) is 26.8. The number of nitrogens with zero attached hydrogens (tertiary/aromatic N) is 4. The Labute approximate surface area is 109 Å². The summed E-state index contributed by atoms with van der Waals surface area (Å²) in [6, 6.07) is 0.715. The molecule has 0 bridgehead atoms. The highest BCUT2D eigenvalue weighted by Crippen LogP contribution is 2.30. The molecule has 5 nitrogen and oxygen atoms in total. The van der Waals surface area contributed by atoms with E-state index in [9.17, 15) is 0 Å². The molecule has 1 heterocycles. The minimum Gasteiger partial charge on any atom is -0.308 e. The fourth-order valence-corrected chi connectivity index (χ4v) is 2.86. The lowest BCUT2D eigenvalue weighted by Crippen LogP contribution is -2.24. The summed E-state index contributed by atoms with van der Waals surface area (Å²) in [6.45, 7) is 7.53. The van der Waals surface area contributed by atoms with Gasteiger partial charge in [-0.05, 0) is 49.1 Å². The van der Waals surface area contributed by atoms with Crippen LogP contribution in [0.15, 0.2) is 0 Å². The van der Waals surface area contributed by atoms with Gasteiger partial charge in [-0.15, -0.1) is 5.10 Å². The van der Waals surface area contributed by atoms with Crippen molar-refractivity contribution in [3.63, 3.8) is 0 Å². The molecule has 1 aliphatic rings. The van der Waals surface area contributed by atoms with Crippen LogP contribution in [0.25, 0.3) is 0 Å². The molecule has 18 heavy (non-hydrogen) atoms. The second-order valence-corrected chi connectivity index (χ2v) is 5.53. The highest BCUT2D eigenvalue weighted by molar-refractivity contribution is 4.92. The lowest BCUT2D eigenvalue weighted by Gasteiger charge is -2.19. The highest BCUT2D eigenvalue weighted by atomic mass is 15.6. The Balaban J connectivity index is 2.10. The van der Waals surface area contributed by atoms with E-state index >= 15 is 0 Å². The van der Waals surface area contributed by atoms with Crippen LogP contribution < -0.4 is 5.32 Å². The van der Waals surface area contributed by atoms with Gasteiger partial charge < -0.3 is 5.32 Å². The molecule has 0 spiro atoms. The standard InChI is InChI=1S/C13H25N5/c1-4-14-11(3)13-15-16-17-18(13)12-7-5-6-10(2)8-9-12/h10-12,14H,4-9H2,1-3H3. The van der Waals surface area contributed by atoms with E-state index in [0.717, 1.165) is 18.3 Å². The highest BCUT2D eigenvalue weighted by Gasteiger charge is 2.23. The van der Waals surface area contributed by atoms with Gasteiger partial charge in [-0.1, -0.05) is 26.7 Å². The Hall–Kier alpha value is -0.970. The molecular formula is C13H25N5. The van der Waals surface area contributed by atoms with Crippen LogP contribution in [0, 0.1) is 5.92 Å². The van der Waals surface area contributed by atoms with Gasteiger partial charge in [-0.25, -0.2) is 4.68 Å². The molecule has 1 aromatic heterocycles. The topological polar surface area (TPSA) is 55.6 Å². The second-order valence-electron chi connectivity index (χ2n) is 5.53. The van der Waals surface area contributed by atoms with Gasteiger partial charge in [0.15, 0.2) is 5.82 Å². The van der Waals surface area contributed by atoms with Crippen LogP contribution in [-0.2, 0) is 0 Å². The van der Waals surface area contributed by atoms with E-state index in [1.165, 1.54) is 32.1 Å². The largest absolute Gasteiger partial charge is 0.308 e. The average molecular weight is 251 g/mol. The molecule has 0 aliphatic heterocycles. The van der Waals surface area contributed by atoms with Crippen molar-refractivity contribution in [3.8, 4) is 0 Å². The predicted molar refractivity (Wildman–Crippen MR) is 71.2 cm³/mol. The number of nitrogens with one attached hydrogen (secondary N) is 1. The summed E-state index contributed by atoms with van der Waals surface area (Å²) in [6.07, 6.45) is 6.34. The zero-order valence-electron chi connectivity index (χ0n) is 11.8. The van der Waals surface area contributed by atoms with Crippen LogP contribution in [-0.4, -0.2) is 26.8 Å². The van der Waals surface area contributed by atoms with Gasteiger partial charge in [0.2, 0.25) is 0 Å². The first-order valence-electron chi connectivity index (χ1n) is 7.23.